The van der Waals surface area contributed by atoms with E-state index in [2.05, 4.69) is 15.9 Å². The fourth-order valence-corrected chi connectivity index (χ4v) is 2.08. The number of nitrogens with two attached hydrogens (primary N) is 1. The molecule has 0 aliphatic carbocycles. The highest BCUT2D eigenvalue weighted by Gasteiger charge is 2.07. The lowest BCUT2D eigenvalue weighted by molar-refractivity contribution is 0.297. The first kappa shape index (κ1) is 14.0. The first-order valence-corrected chi connectivity index (χ1v) is 6.44. The van der Waals surface area contributed by atoms with Gasteiger partial charge in [0, 0.05) is 12.1 Å². The van der Waals surface area contributed by atoms with Crippen molar-refractivity contribution in [2.75, 3.05) is 0 Å². The number of hydrogen-bond acceptors (Lipinski definition) is 2. The Bertz CT molecular complexity index is 590. The molecule has 2 rings (SSSR count). The van der Waals surface area contributed by atoms with Gasteiger partial charge in [0.15, 0.2) is 0 Å². The molecule has 0 heterocycles. The Kier molecular flexibility index (Phi) is 4.50. The molecule has 0 saturated heterocycles. The molecule has 0 aliphatic heterocycles. The van der Waals surface area contributed by atoms with E-state index in [1.807, 2.05) is 0 Å². The van der Waals surface area contributed by atoms with Crippen molar-refractivity contribution in [2.24, 2.45) is 5.73 Å². The molecule has 0 spiro atoms. The fraction of sp³-hybridized carbons (Fsp3) is 0.143. The summed E-state index contributed by atoms with van der Waals surface area (Å²) in [4.78, 5) is 0. The quantitative estimate of drug-likeness (QED) is 0.927. The van der Waals surface area contributed by atoms with Crippen LogP contribution in [0.25, 0.3) is 0 Å². The summed E-state index contributed by atoms with van der Waals surface area (Å²) in [6.45, 7) is 0.400. The molecule has 2 aromatic carbocycles. The van der Waals surface area contributed by atoms with Crippen LogP contribution in [-0.4, -0.2) is 0 Å². The third-order valence-corrected chi connectivity index (χ3v) is 3.24. The Balaban J connectivity index is 2.14. The average Bonchev–Trinajstić information content (AvgIpc) is 2.39. The predicted octanol–water partition coefficient (Wildman–Crippen LogP) is 3.77. The minimum atomic E-state index is -0.365. The Morgan fingerprint density at radius 2 is 1.89 bits per heavy atom. The molecule has 5 heteroatoms. The maximum absolute atomic E-state index is 13.6. The maximum Gasteiger partial charge on any atom is 0.134 e. The summed E-state index contributed by atoms with van der Waals surface area (Å²) in [7, 11) is 0. The number of rotatable bonds is 4. The van der Waals surface area contributed by atoms with Gasteiger partial charge in [-0.25, -0.2) is 8.78 Å². The van der Waals surface area contributed by atoms with Gasteiger partial charge >= 0.3 is 0 Å². The molecule has 19 heavy (non-hydrogen) atoms. The summed E-state index contributed by atoms with van der Waals surface area (Å²) in [5.74, 6) is -0.259. The molecular weight excluding hydrogens is 316 g/mol. The van der Waals surface area contributed by atoms with Crippen LogP contribution in [0, 0.1) is 11.6 Å². The van der Waals surface area contributed by atoms with Crippen LogP contribution < -0.4 is 10.5 Å². The van der Waals surface area contributed by atoms with Crippen molar-refractivity contribution in [1.82, 2.24) is 0 Å². The van der Waals surface area contributed by atoms with Gasteiger partial charge in [0.2, 0.25) is 0 Å². The van der Waals surface area contributed by atoms with Crippen LogP contribution >= 0.6 is 15.9 Å². The van der Waals surface area contributed by atoms with Crippen molar-refractivity contribution in [3.8, 4) is 5.75 Å². The van der Waals surface area contributed by atoms with Gasteiger partial charge in [-0.05, 0) is 51.8 Å². The molecule has 0 amide bonds. The molecule has 100 valence electrons. The zero-order chi connectivity index (χ0) is 13.8. The molecule has 2 N–H and O–H groups in total. The van der Waals surface area contributed by atoms with Crippen molar-refractivity contribution in [1.29, 1.82) is 0 Å². The van der Waals surface area contributed by atoms with Gasteiger partial charge in [0.1, 0.15) is 24.0 Å². The Hall–Kier alpha value is -1.46. The zero-order valence-corrected chi connectivity index (χ0v) is 11.6. The largest absolute Gasteiger partial charge is 0.488 e. The van der Waals surface area contributed by atoms with Crippen LogP contribution in [0.5, 0.6) is 5.75 Å². The van der Waals surface area contributed by atoms with Gasteiger partial charge in [-0.1, -0.05) is 6.07 Å². The minimum absolute atomic E-state index is 0.0594. The van der Waals surface area contributed by atoms with E-state index in [1.165, 1.54) is 24.3 Å². The lowest BCUT2D eigenvalue weighted by atomic mass is 10.1. The fourth-order valence-electron chi connectivity index (χ4n) is 1.61. The second-order valence-electron chi connectivity index (χ2n) is 3.99. The minimum Gasteiger partial charge on any atom is -0.488 e. The summed E-state index contributed by atoms with van der Waals surface area (Å²) in [5.41, 5.74) is 6.75. The smallest absolute Gasteiger partial charge is 0.134 e. The first-order valence-electron chi connectivity index (χ1n) is 5.65. The van der Waals surface area contributed by atoms with E-state index in [1.54, 1.807) is 12.1 Å². The number of hydrogen-bond donors (Lipinski definition) is 1. The van der Waals surface area contributed by atoms with Gasteiger partial charge in [0.25, 0.3) is 0 Å². The highest BCUT2D eigenvalue weighted by atomic mass is 79.9. The van der Waals surface area contributed by atoms with Gasteiger partial charge < -0.3 is 10.5 Å². The molecule has 0 atom stereocenters. The molecule has 0 radical (unpaired) electrons. The first-order chi connectivity index (χ1) is 9.10. The SMILES string of the molecule is NCc1ccc(F)c(COc2ccc(F)cc2Br)c1. The normalized spacial score (nSPS) is 10.5. The summed E-state index contributed by atoms with van der Waals surface area (Å²) < 4.78 is 32.4. The molecule has 2 nitrogen and oxygen atoms in total. The van der Waals surface area contributed by atoms with Crippen LogP contribution in [0.3, 0.4) is 0 Å². The topological polar surface area (TPSA) is 35.2 Å². The summed E-state index contributed by atoms with van der Waals surface area (Å²) in [6.07, 6.45) is 0. The van der Waals surface area contributed by atoms with Gasteiger partial charge in [-0.2, -0.15) is 0 Å². The van der Waals surface area contributed by atoms with Crippen LogP contribution in [0.1, 0.15) is 11.1 Å². The van der Waals surface area contributed by atoms with Crippen molar-refractivity contribution in [2.45, 2.75) is 13.2 Å². The lowest BCUT2D eigenvalue weighted by Crippen LogP contribution is -2.03. The van der Waals surface area contributed by atoms with Gasteiger partial charge in [0.05, 0.1) is 4.47 Å². The number of benzene rings is 2. The molecule has 0 saturated carbocycles. The van der Waals surface area contributed by atoms with Crippen molar-refractivity contribution < 1.29 is 13.5 Å². The number of halogens is 3. The molecule has 2 aromatic rings. The van der Waals surface area contributed by atoms with E-state index in [4.69, 9.17) is 10.5 Å². The van der Waals surface area contributed by atoms with E-state index < -0.39 is 0 Å². The number of ether oxygens (including phenoxy) is 1. The predicted molar refractivity (Wildman–Crippen MR) is 72.7 cm³/mol. The molecule has 0 fully saturated rings. The Morgan fingerprint density at radius 3 is 2.58 bits per heavy atom. The third-order valence-electron chi connectivity index (χ3n) is 2.62. The summed E-state index contributed by atoms with van der Waals surface area (Å²) in [5, 5.41) is 0. The van der Waals surface area contributed by atoms with Crippen LogP contribution in [-0.2, 0) is 13.2 Å². The summed E-state index contributed by atoms with van der Waals surface area (Å²) in [6, 6.07) is 8.72. The lowest BCUT2D eigenvalue weighted by Gasteiger charge is -2.10. The van der Waals surface area contributed by atoms with Crippen LogP contribution in [0.4, 0.5) is 8.78 Å². The van der Waals surface area contributed by atoms with Crippen molar-refractivity contribution in [3.05, 3.63) is 63.6 Å². The monoisotopic (exact) mass is 327 g/mol. The van der Waals surface area contributed by atoms with Crippen LogP contribution in [0.2, 0.25) is 0 Å². The van der Waals surface area contributed by atoms with Gasteiger partial charge in [-0.3, -0.25) is 0 Å². The third kappa shape index (κ3) is 3.52. The van der Waals surface area contributed by atoms with E-state index in [0.717, 1.165) is 5.56 Å². The highest BCUT2D eigenvalue weighted by molar-refractivity contribution is 9.10. The highest BCUT2D eigenvalue weighted by Crippen LogP contribution is 2.26. The summed E-state index contributed by atoms with van der Waals surface area (Å²) >= 11 is 3.19. The molecule has 0 unspecified atom stereocenters. The average molecular weight is 328 g/mol. The Morgan fingerprint density at radius 1 is 1.11 bits per heavy atom. The second-order valence-corrected chi connectivity index (χ2v) is 4.85. The molecular formula is C14H12BrF2NO. The standard InChI is InChI=1S/C14H12BrF2NO/c15-12-6-11(16)2-4-14(12)19-8-10-5-9(7-18)1-3-13(10)17/h1-6H,7-8,18H2. The second kappa shape index (κ2) is 6.12. The van der Waals surface area contributed by atoms with Crippen molar-refractivity contribution >= 4 is 15.9 Å². The van der Waals surface area contributed by atoms with E-state index in [-0.39, 0.29) is 18.2 Å². The van der Waals surface area contributed by atoms with Gasteiger partial charge in [-0.15, -0.1) is 0 Å². The van der Waals surface area contributed by atoms with E-state index >= 15 is 0 Å². The molecule has 0 bridgehead atoms. The molecule has 0 aromatic heterocycles. The van der Waals surface area contributed by atoms with Crippen molar-refractivity contribution in [3.63, 3.8) is 0 Å². The van der Waals surface area contributed by atoms with E-state index in [0.29, 0.717) is 22.3 Å². The Labute approximate surface area is 118 Å². The zero-order valence-electron chi connectivity index (χ0n) is 10.00. The maximum atomic E-state index is 13.6. The van der Waals surface area contributed by atoms with Crippen LogP contribution in [0.15, 0.2) is 40.9 Å². The van der Waals surface area contributed by atoms with E-state index in [9.17, 15) is 8.78 Å². The molecule has 0 aliphatic rings.